The molecular formula is C12H14ClFN2O. The quantitative estimate of drug-likeness (QED) is 0.873. The van der Waals surface area contributed by atoms with Gasteiger partial charge in [0.2, 0.25) is 5.91 Å². The van der Waals surface area contributed by atoms with Crippen LogP contribution in [0.2, 0.25) is 5.02 Å². The van der Waals surface area contributed by atoms with E-state index in [1.54, 1.807) is 0 Å². The van der Waals surface area contributed by atoms with Crippen LogP contribution >= 0.6 is 11.6 Å². The number of nitrogens with one attached hydrogen (secondary N) is 1. The van der Waals surface area contributed by atoms with Gasteiger partial charge in [-0.2, -0.15) is 0 Å². The molecule has 3 nitrogen and oxygen atoms in total. The highest BCUT2D eigenvalue weighted by molar-refractivity contribution is 6.30. The number of rotatable bonds is 3. The van der Waals surface area contributed by atoms with Crippen molar-refractivity contribution in [3.05, 3.63) is 29.0 Å². The molecular weight excluding hydrogens is 243 g/mol. The molecule has 0 radical (unpaired) electrons. The zero-order valence-electron chi connectivity index (χ0n) is 9.30. The molecule has 0 bridgehead atoms. The van der Waals surface area contributed by atoms with Gasteiger partial charge in [-0.15, -0.1) is 0 Å². The number of nitrogens with two attached hydrogens (primary N) is 1. The van der Waals surface area contributed by atoms with Crippen LogP contribution < -0.4 is 11.1 Å². The second-order valence-corrected chi connectivity index (χ2v) is 4.89. The largest absolute Gasteiger partial charge is 0.329 e. The van der Waals surface area contributed by atoms with Crippen molar-refractivity contribution in [3.63, 3.8) is 0 Å². The lowest BCUT2D eigenvalue weighted by molar-refractivity contribution is -0.129. The molecule has 1 aliphatic rings. The third-order valence-electron chi connectivity index (χ3n) is 3.30. The van der Waals surface area contributed by atoms with Gasteiger partial charge in [0.25, 0.3) is 0 Å². The molecule has 0 spiro atoms. The first-order valence-corrected chi connectivity index (χ1v) is 5.91. The lowest BCUT2D eigenvalue weighted by Gasteiger charge is -2.39. The minimum absolute atomic E-state index is 0.145. The Morgan fingerprint density at radius 1 is 1.47 bits per heavy atom. The van der Waals surface area contributed by atoms with Crippen molar-refractivity contribution in [3.8, 4) is 0 Å². The first-order valence-electron chi connectivity index (χ1n) is 5.53. The van der Waals surface area contributed by atoms with Crippen molar-refractivity contribution in [1.82, 2.24) is 0 Å². The number of amides is 1. The molecule has 1 amide bonds. The molecule has 0 atom stereocenters. The molecule has 0 heterocycles. The van der Waals surface area contributed by atoms with Crippen LogP contribution in [0.25, 0.3) is 0 Å². The number of anilines is 1. The van der Waals surface area contributed by atoms with Gasteiger partial charge in [-0.25, -0.2) is 4.39 Å². The number of benzene rings is 1. The Morgan fingerprint density at radius 3 is 2.65 bits per heavy atom. The fourth-order valence-electron chi connectivity index (χ4n) is 2.02. The maximum Gasteiger partial charge on any atom is 0.231 e. The van der Waals surface area contributed by atoms with Crippen LogP contribution in [0.1, 0.15) is 19.3 Å². The SMILES string of the molecule is NCC1(C(=O)Nc2cc(F)cc(Cl)c2)CCC1. The molecule has 1 aromatic carbocycles. The summed E-state index contributed by atoms with van der Waals surface area (Å²) in [4.78, 5) is 12.0. The van der Waals surface area contributed by atoms with Crippen LogP contribution in [0.4, 0.5) is 10.1 Å². The maximum atomic E-state index is 13.1. The predicted octanol–water partition coefficient (Wildman–Crippen LogP) is 2.55. The van der Waals surface area contributed by atoms with Gasteiger partial charge in [-0.3, -0.25) is 4.79 Å². The second kappa shape index (κ2) is 4.63. The number of hydrogen-bond donors (Lipinski definition) is 2. The molecule has 5 heteroatoms. The van der Waals surface area contributed by atoms with Gasteiger partial charge < -0.3 is 11.1 Å². The van der Waals surface area contributed by atoms with Crippen LogP contribution in [0, 0.1) is 11.2 Å². The van der Waals surface area contributed by atoms with E-state index < -0.39 is 11.2 Å². The first-order chi connectivity index (χ1) is 8.05. The molecule has 0 aromatic heterocycles. The Hall–Kier alpha value is -1.13. The zero-order valence-corrected chi connectivity index (χ0v) is 10.1. The van der Waals surface area contributed by atoms with Crippen molar-refractivity contribution >= 4 is 23.2 Å². The van der Waals surface area contributed by atoms with E-state index in [-0.39, 0.29) is 10.9 Å². The van der Waals surface area contributed by atoms with Crippen molar-refractivity contribution in [2.24, 2.45) is 11.1 Å². The monoisotopic (exact) mass is 256 g/mol. The third-order valence-corrected chi connectivity index (χ3v) is 3.52. The van der Waals surface area contributed by atoms with E-state index in [0.29, 0.717) is 12.2 Å². The molecule has 1 aliphatic carbocycles. The molecule has 1 fully saturated rings. The van der Waals surface area contributed by atoms with Gasteiger partial charge in [0.15, 0.2) is 0 Å². The van der Waals surface area contributed by atoms with E-state index >= 15 is 0 Å². The smallest absolute Gasteiger partial charge is 0.231 e. The summed E-state index contributed by atoms with van der Waals surface area (Å²) in [5.41, 5.74) is 5.52. The minimum atomic E-state index is -0.473. The standard InChI is InChI=1S/C12H14ClFN2O/c13-8-4-9(14)6-10(5-8)16-11(17)12(7-15)2-1-3-12/h4-6H,1-3,7,15H2,(H,16,17). The minimum Gasteiger partial charge on any atom is -0.329 e. The first kappa shape index (κ1) is 12.3. The van der Waals surface area contributed by atoms with Gasteiger partial charge in [-0.05, 0) is 31.0 Å². The molecule has 1 saturated carbocycles. The fraction of sp³-hybridized carbons (Fsp3) is 0.417. The predicted molar refractivity (Wildman–Crippen MR) is 65.4 cm³/mol. The average molecular weight is 257 g/mol. The summed E-state index contributed by atoms with van der Waals surface area (Å²) in [6.45, 7) is 0.321. The highest BCUT2D eigenvalue weighted by atomic mass is 35.5. The summed E-state index contributed by atoms with van der Waals surface area (Å²) >= 11 is 5.71. The topological polar surface area (TPSA) is 55.1 Å². The van der Waals surface area contributed by atoms with E-state index in [0.717, 1.165) is 19.3 Å². The van der Waals surface area contributed by atoms with E-state index in [9.17, 15) is 9.18 Å². The van der Waals surface area contributed by atoms with Gasteiger partial charge in [0.05, 0.1) is 5.41 Å². The van der Waals surface area contributed by atoms with Gasteiger partial charge >= 0.3 is 0 Å². The molecule has 1 aromatic rings. The number of carbonyl (C=O) groups excluding carboxylic acids is 1. The molecule has 0 unspecified atom stereocenters. The molecule has 3 N–H and O–H groups in total. The third kappa shape index (κ3) is 2.42. The lowest BCUT2D eigenvalue weighted by atomic mass is 9.68. The fourth-order valence-corrected chi connectivity index (χ4v) is 2.24. The second-order valence-electron chi connectivity index (χ2n) is 4.45. The summed E-state index contributed by atoms with van der Waals surface area (Å²) in [6.07, 6.45) is 2.59. The van der Waals surface area contributed by atoms with Crippen molar-refractivity contribution in [2.75, 3.05) is 11.9 Å². The number of hydrogen-bond acceptors (Lipinski definition) is 2. The van der Waals surface area contributed by atoms with Gasteiger partial charge in [-0.1, -0.05) is 18.0 Å². The Bertz CT molecular complexity index is 420. The average Bonchev–Trinajstić information content (AvgIpc) is 2.14. The molecule has 2 rings (SSSR count). The normalized spacial score (nSPS) is 17.4. The molecule has 0 aliphatic heterocycles. The Kier molecular flexibility index (Phi) is 3.35. The maximum absolute atomic E-state index is 13.1. The van der Waals surface area contributed by atoms with Crippen molar-refractivity contribution in [1.29, 1.82) is 0 Å². The number of carbonyl (C=O) groups is 1. The highest BCUT2D eigenvalue weighted by Gasteiger charge is 2.42. The van der Waals surface area contributed by atoms with Crippen LogP contribution in [0.15, 0.2) is 18.2 Å². The van der Waals surface area contributed by atoms with Crippen LogP contribution in [0.5, 0.6) is 0 Å². The van der Waals surface area contributed by atoms with E-state index in [4.69, 9.17) is 17.3 Å². The molecule has 0 saturated heterocycles. The molecule has 92 valence electrons. The summed E-state index contributed by atoms with van der Waals surface area (Å²) in [5, 5.41) is 2.93. The van der Waals surface area contributed by atoms with Gasteiger partial charge in [0, 0.05) is 17.3 Å². The van der Waals surface area contributed by atoms with Crippen LogP contribution in [0.3, 0.4) is 0 Å². The molecule has 17 heavy (non-hydrogen) atoms. The summed E-state index contributed by atoms with van der Waals surface area (Å²) in [6, 6.07) is 3.96. The Balaban J connectivity index is 2.12. The highest BCUT2D eigenvalue weighted by Crippen LogP contribution is 2.40. The number of halogens is 2. The summed E-state index contributed by atoms with van der Waals surface area (Å²) in [5.74, 6) is -0.615. The summed E-state index contributed by atoms with van der Waals surface area (Å²) < 4.78 is 13.1. The van der Waals surface area contributed by atoms with E-state index in [2.05, 4.69) is 5.32 Å². The summed E-state index contributed by atoms with van der Waals surface area (Å²) in [7, 11) is 0. The lowest BCUT2D eigenvalue weighted by Crippen LogP contribution is -2.47. The Labute approximate surface area is 104 Å². The van der Waals surface area contributed by atoms with E-state index in [1.807, 2.05) is 0 Å². The van der Waals surface area contributed by atoms with Crippen LogP contribution in [-0.4, -0.2) is 12.5 Å². The zero-order chi connectivity index (χ0) is 12.5. The van der Waals surface area contributed by atoms with Crippen LogP contribution in [-0.2, 0) is 4.79 Å². The van der Waals surface area contributed by atoms with Crippen molar-refractivity contribution in [2.45, 2.75) is 19.3 Å². The van der Waals surface area contributed by atoms with E-state index in [1.165, 1.54) is 18.2 Å². The van der Waals surface area contributed by atoms with Crippen molar-refractivity contribution < 1.29 is 9.18 Å². The van der Waals surface area contributed by atoms with Gasteiger partial charge in [0.1, 0.15) is 5.82 Å². The Morgan fingerprint density at radius 2 is 2.18 bits per heavy atom.